The van der Waals surface area contributed by atoms with Gasteiger partial charge in [-0.3, -0.25) is 4.99 Å². The highest BCUT2D eigenvalue weighted by molar-refractivity contribution is 9.10. The summed E-state index contributed by atoms with van der Waals surface area (Å²) in [5.74, 6) is 2.47. The van der Waals surface area contributed by atoms with Crippen LogP contribution in [0.15, 0.2) is 51.9 Å². The van der Waals surface area contributed by atoms with Gasteiger partial charge in [0.15, 0.2) is 5.96 Å². The lowest BCUT2D eigenvalue weighted by molar-refractivity contribution is 0.222. The maximum Gasteiger partial charge on any atom is 0.191 e. The third kappa shape index (κ3) is 6.22. The molecule has 0 bridgehead atoms. The van der Waals surface area contributed by atoms with Crippen molar-refractivity contribution in [1.82, 2.24) is 15.6 Å². The molecule has 7 heteroatoms. The number of aromatic nitrogens is 1. The normalized spacial score (nSPS) is 12.4. The Hall–Kier alpha value is -2.28. The highest BCUT2D eigenvalue weighted by Gasteiger charge is 2.08. The zero-order valence-corrected chi connectivity index (χ0v) is 17.2. The summed E-state index contributed by atoms with van der Waals surface area (Å²) in [7, 11) is 5.71. The van der Waals surface area contributed by atoms with Crippen LogP contribution in [-0.2, 0) is 6.54 Å². The molecule has 0 fully saturated rings. The SMILES string of the molecule is CN=C(NCc1cccc(N(C)C)n1)NCC(C)Oc1ccccc1Br. The van der Waals surface area contributed by atoms with E-state index in [2.05, 4.69) is 36.5 Å². The van der Waals surface area contributed by atoms with Crippen molar-refractivity contribution in [2.75, 3.05) is 32.6 Å². The summed E-state index contributed by atoms with van der Waals surface area (Å²) in [5, 5.41) is 6.55. The molecule has 0 spiro atoms. The number of halogens is 1. The van der Waals surface area contributed by atoms with Gasteiger partial charge < -0.3 is 20.3 Å². The zero-order chi connectivity index (χ0) is 18.9. The number of anilines is 1. The Morgan fingerprint density at radius 3 is 2.65 bits per heavy atom. The second-order valence-electron chi connectivity index (χ2n) is 6.05. The predicted molar refractivity (Wildman–Crippen MR) is 111 cm³/mol. The number of aliphatic imine (C=N–C) groups is 1. The topological polar surface area (TPSA) is 61.8 Å². The van der Waals surface area contributed by atoms with E-state index in [4.69, 9.17) is 4.74 Å². The Bertz CT molecular complexity index is 735. The number of rotatable bonds is 7. The maximum atomic E-state index is 5.93. The lowest BCUT2D eigenvalue weighted by atomic mass is 10.3. The number of hydrogen-bond acceptors (Lipinski definition) is 4. The lowest BCUT2D eigenvalue weighted by Gasteiger charge is -2.18. The van der Waals surface area contributed by atoms with Gasteiger partial charge in [0.05, 0.1) is 23.3 Å². The number of nitrogens with one attached hydrogen (secondary N) is 2. The molecule has 1 atom stereocenters. The third-order valence-corrected chi connectivity index (χ3v) is 4.29. The molecule has 1 aromatic heterocycles. The molecule has 1 unspecified atom stereocenters. The van der Waals surface area contributed by atoms with Gasteiger partial charge >= 0.3 is 0 Å². The van der Waals surface area contributed by atoms with E-state index < -0.39 is 0 Å². The average Bonchev–Trinajstić information content (AvgIpc) is 2.64. The summed E-state index contributed by atoms with van der Waals surface area (Å²) in [6.07, 6.45) is -0.0116. The minimum Gasteiger partial charge on any atom is -0.488 e. The third-order valence-electron chi connectivity index (χ3n) is 3.63. The van der Waals surface area contributed by atoms with E-state index >= 15 is 0 Å². The van der Waals surface area contributed by atoms with Gasteiger partial charge in [0.2, 0.25) is 0 Å². The molecule has 0 aliphatic rings. The molecule has 6 nitrogen and oxygen atoms in total. The van der Waals surface area contributed by atoms with E-state index in [1.165, 1.54) is 0 Å². The van der Waals surface area contributed by atoms with Crippen LogP contribution in [-0.4, -0.2) is 44.7 Å². The zero-order valence-electron chi connectivity index (χ0n) is 15.7. The van der Waals surface area contributed by atoms with E-state index in [0.717, 1.165) is 21.7 Å². The van der Waals surface area contributed by atoms with Crippen LogP contribution >= 0.6 is 15.9 Å². The molecule has 140 valence electrons. The van der Waals surface area contributed by atoms with Crippen LogP contribution in [0.25, 0.3) is 0 Å². The quantitative estimate of drug-likeness (QED) is 0.533. The van der Waals surface area contributed by atoms with Gasteiger partial charge in [-0.05, 0) is 47.1 Å². The summed E-state index contributed by atoms with van der Waals surface area (Å²) in [4.78, 5) is 10.8. The fraction of sp³-hybridized carbons (Fsp3) is 0.368. The van der Waals surface area contributed by atoms with E-state index in [0.29, 0.717) is 19.0 Å². The fourth-order valence-corrected chi connectivity index (χ4v) is 2.63. The molecule has 1 heterocycles. The van der Waals surface area contributed by atoms with Crippen LogP contribution in [0.2, 0.25) is 0 Å². The van der Waals surface area contributed by atoms with Crippen molar-refractivity contribution in [3.05, 3.63) is 52.6 Å². The van der Waals surface area contributed by atoms with Crippen LogP contribution in [0.1, 0.15) is 12.6 Å². The van der Waals surface area contributed by atoms with Crippen LogP contribution in [0.3, 0.4) is 0 Å². The van der Waals surface area contributed by atoms with E-state index in [1.54, 1.807) is 7.05 Å². The summed E-state index contributed by atoms with van der Waals surface area (Å²) in [6.45, 7) is 3.24. The van der Waals surface area contributed by atoms with Gasteiger partial charge in [0.25, 0.3) is 0 Å². The Morgan fingerprint density at radius 2 is 1.96 bits per heavy atom. The second kappa shape index (κ2) is 10.0. The molecular weight excluding hydrogens is 394 g/mol. The van der Waals surface area contributed by atoms with Crippen molar-refractivity contribution >= 4 is 27.7 Å². The van der Waals surface area contributed by atoms with Gasteiger partial charge in [-0.1, -0.05) is 18.2 Å². The van der Waals surface area contributed by atoms with Gasteiger partial charge in [0, 0.05) is 21.1 Å². The number of pyridine rings is 1. The van der Waals surface area contributed by atoms with Crippen LogP contribution in [0.5, 0.6) is 5.75 Å². The van der Waals surface area contributed by atoms with Crippen molar-refractivity contribution in [2.24, 2.45) is 4.99 Å². The van der Waals surface area contributed by atoms with Crippen LogP contribution in [0, 0.1) is 0 Å². The predicted octanol–water partition coefficient (Wildman–Crippen LogP) is 3.04. The van der Waals surface area contributed by atoms with Crippen molar-refractivity contribution in [3.8, 4) is 5.75 Å². The number of ether oxygens (including phenoxy) is 1. The van der Waals surface area contributed by atoms with Gasteiger partial charge in [0.1, 0.15) is 17.7 Å². The number of para-hydroxylation sites is 1. The number of hydrogen-bond donors (Lipinski definition) is 2. The first-order valence-corrected chi connectivity index (χ1v) is 9.28. The molecule has 0 amide bonds. The van der Waals surface area contributed by atoms with Crippen molar-refractivity contribution in [3.63, 3.8) is 0 Å². The minimum atomic E-state index is -0.0116. The molecule has 0 aliphatic heterocycles. The summed E-state index contributed by atoms with van der Waals surface area (Å²) in [5.41, 5.74) is 0.955. The van der Waals surface area contributed by atoms with Crippen molar-refractivity contribution < 1.29 is 4.74 Å². The first kappa shape index (κ1) is 20.0. The van der Waals surface area contributed by atoms with Gasteiger partial charge in [-0.25, -0.2) is 4.98 Å². The molecule has 0 radical (unpaired) electrons. The van der Waals surface area contributed by atoms with Gasteiger partial charge in [-0.15, -0.1) is 0 Å². The molecule has 1 aromatic carbocycles. The summed E-state index contributed by atoms with van der Waals surface area (Å²) >= 11 is 3.49. The number of guanidine groups is 1. The molecule has 0 saturated carbocycles. The van der Waals surface area contributed by atoms with Crippen LogP contribution < -0.4 is 20.3 Å². The Morgan fingerprint density at radius 1 is 1.19 bits per heavy atom. The first-order chi connectivity index (χ1) is 12.5. The van der Waals surface area contributed by atoms with Crippen molar-refractivity contribution in [1.29, 1.82) is 0 Å². The molecule has 26 heavy (non-hydrogen) atoms. The molecule has 2 rings (SSSR count). The smallest absolute Gasteiger partial charge is 0.191 e. The molecular formula is C19H26BrN5O. The molecule has 0 aliphatic carbocycles. The fourth-order valence-electron chi connectivity index (χ4n) is 2.25. The number of benzene rings is 1. The average molecular weight is 420 g/mol. The Kier molecular flexibility index (Phi) is 7.72. The minimum absolute atomic E-state index is 0.0116. The van der Waals surface area contributed by atoms with Crippen LogP contribution in [0.4, 0.5) is 5.82 Å². The monoisotopic (exact) mass is 419 g/mol. The molecule has 2 N–H and O–H groups in total. The number of nitrogens with zero attached hydrogens (tertiary/aromatic N) is 3. The maximum absolute atomic E-state index is 5.93. The highest BCUT2D eigenvalue weighted by atomic mass is 79.9. The van der Waals surface area contributed by atoms with E-state index in [-0.39, 0.29) is 6.10 Å². The van der Waals surface area contributed by atoms with Gasteiger partial charge in [-0.2, -0.15) is 0 Å². The van der Waals surface area contributed by atoms with Crippen molar-refractivity contribution in [2.45, 2.75) is 19.6 Å². The summed E-state index contributed by atoms with van der Waals surface area (Å²) in [6, 6.07) is 13.8. The largest absolute Gasteiger partial charge is 0.488 e. The molecule has 0 saturated heterocycles. The van der Waals surface area contributed by atoms with E-state index in [1.807, 2.05) is 68.4 Å². The highest BCUT2D eigenvalue weighted by Crippen LogP contribution is 2.24. The first-order valence-electron chi connectivity index (χ1n) is 8.48. The lowest BCUT2D eigenvalue weighted by Crippen LogP contribution is -2.41. The van der Waals surface area contributed by atoms with E-state index in [9.17, 15) is 0 Å². The second-order valence-corrected chi connectivity index (χ2v) is 6.90. The molecule has 2 aromatic rings. The summed E-state index contributed by atoms with van der Waals surface area (Å²) < 4.78 is 6.88. The Balaban J connectivity index is 1.82. The Labute approximate surface area is 163 Å². The standard InChI is InChI=1S/C19H26BrN5O/c1-14(26-17-10-6-5-9-16(17)20)12-22-19(21-2)23-13-15-8-7-11-18(24-15)25(3)4/h5-11,14H,12-13H2,1-4H3,(H2,21,22,23).